The van der Waals surface area contributed by atoms with Gasteiger partial charge in [-0.2, -0.15) is 0 Å². The summed E-state index contributed by atoms with van der Waals surface area (Å²) in [5, 5.41) is 2.72. The van der Waals surface area contributed by atoms with Gasteiger partial charge in [0.05, 0.1) is 17.1 Å². The topological polar surface area (TPSA) is 72.9 Å². The Morgan fingerprint density at radius 2 is 2.14 bits per heavy atom. The highest BCUT2D eigenvalue weighted by atomic mass is 35.5. The largest absolute Gasteiger partial charge is 0.354 e. The third-order valence-corrected chi connectivity index (χ3v) is 3.00. The number of nitrogens with one attached hydrogen (secondary N) is 1. The zero-order valence-electron chi connectivity index (χ0n) is 11.8. The minimum absolute atomic E-state index is 0. The quantitative estimate of drug-likeness (QED) is 0.889. The molecule has 1 atom stereocenters. The Kier molecular flexibility index (Phi) is 7.63. The summed E-state index contributed by atoms with van der Waals surface area (Å²) in [5.74, 6) is 0.304. The Labute approximate surface area is 134 Å². The van der Waals surface area contributed by atoms with E-state index in [0.29, 0.717) is 18.5 Å². The lowest BCUT2D eigenvalue weighted by Crippen LogP contribution is -2.39. The molecule has 2 aromatic rings. The Hall–Kier alpha value is -1.37. The average molecular weight is 337 g/mol. The molecule has 1 aromatic heterocycles. The Morgan fingerprint density at radius 1 is 1.48 bits per heavy atom. The SMILES string of the molecule is CC(N)C(=O)NCCc1nc2cc(F)ccc2n1C.Cl.Cl. The fourth-order valence-electron chi connectivity index (χ4n) is 1.90. The molecule has 0 aliphatic carbocycles. The molecule has 0 saturated carbocycles. The lowest BCUT2D eigenvalue weighted by atomic mass is 10.3. The lowest BCUT2D eigenvalue weighted by molar-refractivity contribution is -0.121. The molecule has 1 aromatic carbocycles. The van der Waals surface area contributed by atoms with Gasteiger partial charge in [0.1, 0.15) is 11.6 Å². The van der Waals surface area contributed by atoms with Crippen molar-refractivity contribution in [3.05, 3.63) is 29.8 Å². The van der Waals surface area contributed by atoms with E-state index < -0.39 is 6.04 Å². The van der Waals surface area contributed by atoms with Gasteiger partial charge in [0.25, 0.3) is 0 Å². The van der Waals surface area contributed by atoms with E-state index in [1.165, 1.54) is 12.1 Å². The van der Waals surface area contributed by atoms with Crippen LogP contribution in [-0.4, -0.2) is 28.0 Å². The summed E-state index contributed by atoms with van der Waals surface area (Å²) in [7, 11) is 1.87. The minimum Gasteiger partial charge on any atom is -0.354 e. The molecule has 0 aliphatic heterocycles. The Morgan fingerprint density at radius 3 is 2.76 bits per heavy atom. The third-order valence-electron chi connectivity index (χ3n) is 3.00. The van der Waals surface area contributed by atoms with Crippen LogP contribution < -0.4 is 11.1 Å². The maximum absolute atomic E-state index is 13.1. The van der Waals surface area contributed by atoms with Crippen molar-refractivity contribution >= 4 is 41.8 Å². The van der Waals surface area contributed by atoms with Crippen LogP contribution in [0.2, 0.25) is 0 Å². The molecule has 0 radical (unpaired) electrons. The van der Waals surface area contributed by atoms with Gasteiger partial charge in [0.2, 0.25) is 5.91 Å². The Balaban J connectivity index is 0.00000200. The first kappa shape index (κ1) is 19.6. The van der Waals surface area contributed by atoms with Gasteiger partial charge in [-0.1, -0.05) is 0 Å². The number of hydrogen-bond acceptors (Lipinski definition) is 3. The summed E-state index contributed by atoms with van der Waals surface area (Å²) in [4.78, 5) is 15.7. The number of carbonyl (C=O) groups is 1. The van der Waals surface area contributed by atoms with Gasteiger partial charge in [-0.15, -0.1) is 24.8 Å². The number of rotatable bonds is 4. The van der Waals surface area contributed by atoms with Gasteiger partial charge in [0, 0.05) is 26.1 Å². The summed E-state index contributed by atoms with van der Waals surface area (Å²) in [6.07, 6.45) is 0.575. The molecule has 0 bridgehead atoms. The number of nitrogens with zero attached hydrogens (tertiary/aromatic N) is 2. The van der Waals surface area contributed by atoms with Crippen molar-refractivity contribution in [2.75, 3.05) is 6.54 Å². The average Bonchev–Trinajstić information content (AvgIpc) is 2.65. The lowest BCUT2D eigenvalue weighted by Gasteiger charge is -2.07. The zero-order chi connectivity index (χ0) is 14.0. The second kappa shape index (κ2) is 8.17. The number of hydrogen-bond donors (Lipinski definition) is 2. The standard InChI is InChI=1S/C13H17FN4O.2ClH/c1-8(15)13(19)16-6-5-12-17-10-7-9(14)3-4-11(10)18(12)2;;/h3-4,7-8H,5-6,15H2,1-2H3,(H,16,19);2*1H. The molecule has 5 nitrogen and oxygen atoms in total. The first-order valence-corrected chi connectivity index (χ1v) is 6.13. The number of benzene rings is 1. The molecule has 0 aliphatic rings. The highest BCUT2D eigenvalue weighted by Crippen LogP contribution is 2.16. The van der Waals surface area contributed by atoms with Crippen LogP contribution in [0.25, 0.3) is 11.0 Å². The number of aryl methyl sites for hydroxylation is 1. The summed E-state index contributed by atoms with van der Waals surface area (Å²) < 4.78 is 15.0. The van der Waals surface area contributed by atoms with Crippen LogP contribution in [0, 0.1) is 5.82 Å². The van der Waals surface area contributed by atoms with E-state index in [2.05, 4.69) is 10.3 Å². The number of fused-ring (bicyclic) bond motifs is 1. The van der Waals surface area contributed by atoms with E-state index in [9.17, 15) is 9.18 Å². The molecule has 8 heteroatoms. The van der Waals surface area contributed by atoms with Crippen LogP contribution in [-0.2, 0) is 18.3 Å². The second-order valence-corrected chi connectivity index (χ2v) is 4.55. The molecule has 1 amide bonds. The molecule has 0 fully saturated rings. The van der Waals surface area contributed by atoms with Gasteiger partial charge in [-0.3, -0.25) is 4.79 Å². The van der Waals surface area contributed by atoms with E-state index in [1.54, 1.807) is 13.0 Å². The van der Waals surface area contributed by atoms with Crippen molar-refractivity contribution in [3.8, 4) is 0 Å². The van der Waals surface area contributed by atoms with Crippen molar-refractivity contribution in [2.45, 2.75) is 19.4 Å². The monoisotopic (exact) mass is 336 g/mol. The smallest absolute Gasteiger partial charge is 0.236 e. The highest BCUT2D eigenvalue weighted by molar-refractivity contribution is 5.85. The van der Waals surface area contributed by atoms with Crippen molar-refractivity contribution in [3.63, 3.8) is 0 Å². The fourth-order valence-corrected chi connectivity index (χ4v) is 1.90. The van der Waals surface area contributed by atoms with Crippen molar-refractivity contribution in [1.82, 2.24) is 14.9 Å². The minimum atomic E-state index is -0.519. The summed E-state index contributed by atoms with van der Waals surface area (Å²) in [6, 6.07) is 3.99. The maximum Gasteiger partial charge on any atom is 0.236 e. The molecule has 21 heavy (non-hydrogen) atoms. The van der Waals surface area contributed by atoms with Gasteiger partial charge in [-0.25, -0.2) is 9.37 Å². The second-order valence-electron chi connectivity index (χ2n) is 4.55. The predicted octanol–water partition coefficient (Wildman–Crippen LogP) is 1.56. The van der Waals surface area contributed by atoms with Crippen molar-refractivity contribution in [1.29, 1.82) is 0 Å². The number of aromatic nitrogens is 2. The fraction of sp³-hybridized carbons (Fsp3) is 0.385. The molecular weight excluding hydrogens is 318 g/mol. The van der Waals surface area contributed by atoms with E-state index in [4.69, 9.17) is 5.73 Å². The van der Waals surface area contributed by atoms with Crippen LogP contribution in [0.4, 0.5) is 4.39 Å². The predicted molar refractivity (Wildman–Crippen MR) is 85.5 cm³/mol. The summed E-state index contributed by atoms with van der Waals surface area (Å²) >= 11 is 0. The molecule has 0 saturated heterocycles. The van der Waals surface area contributed by atoms with Crippen LogP contribution in [0.15, 0.2) is 18.2 Å². The normalized spacial score (nSPS) is 11.4. The van der Waals surface area contributed by atoms with E-state index in [0.717, 1.165) is 11.3 Å². The summed E-state index contributed by atoms with van der Waals surface area (Å²) in [6.45, 7) is 2.09. The van der Waals surface area contributed by atoms with Gasteiger partial charge in [0.15, 0.2) is 0 Å². The van der Waals surface area contributed by atoms with E-state index >= 15 is 0 Å². The maximum atomic E-state index is 13.1. The van der Waals surface area contributed by atoms with E-state index in [1.807, 2.05) is 11.6 Å². The molecule has 2 rings (SSSR count). The molecule has 0 spiro atoms. The van der Waals surface area contributed by atoms with Gasteiger partial charge < -0.3 is 15.6 Å². The number of amides is 1. The van der Waals surface area contributed by atoms with Crippen LogP contribution >= 0.6 is 24.8 Å². The Bertz CT molecular complexity index is 615. The first-order valence-electron chi connectivity index (χ1n) is 6.13. The van der Waals surface area contributed by atoms with Crippen LogP contribution in [0.5, 0.6) is 0 Å². The molecule has 1 unspecified atom stereocenters. The molecular formula is C13H19Cl2FN4O. The molecule has 1 heterocycles. The van der Waals surface area contributed by atoms with Crippen molar-refractivity contribution < 1.29 is 9.18 Å². The van der Waals surface area contributed by atoms with Gasteiger partial charge >= 0.3 is 0 Å². The van der Waals surface area contributed by atoms with Crippen LogP contribution in [0.1, 0.15) is 12.7 Å². The zero-order valence-corrected chi connectivity index (χ0v) is 13.4. The van der Waals surface area contributed by atoms with Crippen LogP contribution in [0.3, 0.4) is 0 Å². The molecule has 3 N–H and O–H groups in total. The molecule has 118 valence electrons. The number of imidazole rings is 1. The first-order chi connectivity index (χ1) is 8.99. The number of carbonyl (C=O) groups excluding carboxylic acids is 1. The number of halogens is 3. The number of nitrogens with two attached hydrogens (primary N) is 1. The van der Waals surface area contributed by atoms with E-state index in [-0.39, 0.29) is 36.5 Å². The summed E-state index contributed by atoms with van der Waals surface area (Å²) in [5.41, 5.74) is 6.94. The third kappa shape index (κ3) is 4.56. The highest BCUT2D eigenvalue weighted by Gasteiger charge is 2.10. The van der Waals surface area contributed by atoms with Crippen molar-refractivity contribution in [2.24, 2.45) is 12.8 Å². The van der Waals surface area contributed by atoms with Gasteiger partial charge in [-0.05, 0) is 19.1 Å².